The van der Waals surface area contributed by atoms with Crippen LogP contribution in [0.4, 0.5) is 11.4 Å². The van der Waals surface area contributed by atoms with Crippen molar-refractivity contribution in [1.82, 2.24) is 9.80 Å². The van der Waals surface area contributed by atoms with Crippen molar-refractivity contribution in [2.45, 2.75) is 38.5 Å². The molecule has 6 rings (SSSR count). The van der Waals surface area contributed by atoms with Gasteiger partial charge >= 0.3 is 5.97 Å². The standard InChI is InChI=1S/C33H42N4O4S/c1-34-15-11-26(12-16-34)33(39)41-24-37-30-23-27(9-7-25(30)8-10-32(37)38)40-21-3-2-14-35-17-19-36(20-18-35)29-5-4-6-31-28(29)13-22-42-31/h4-7,9,13,22-23,26H,2-3,8,10-12,14-21,24H2,1H3. The minimum atomic E-state index is -0.198. The van der Waals surface area contributed by atoms with Gasteiger partial charge in [-0.1, -0.05) is 12.1 Å². The van der Waals surface area contributed by atoms with Gasteiger partial charge in [-0.25, -0.2) is 0 Å². The lowest BCUT2D eigenvalue weighted by molar-refractivity contribution is -0.150. The van der Waals surface area contributed by atoms with Crippen LogP contribution in [0.2, 0.25) is 0 Å². The van der Waals surface area contributed by atoms with Crippen molar-refractivity contribution in [3.8, 4) is 5.75 Å². The third-order valence-corrected chi connectivity index (χ3v) is 9.85. The van der Waals surface area contributed by atoms with E-state index in [4.69, 9.17) is 9.47 Å². The number of aryl methyl sites for hydroxylation is 1. The largest absolute Gasteiger partial charge is 0.494 e. The van der Waals surface area contributed by atoms with E-state index >= 15 is 0 Å². The number of nitrogens with zero attached hydrogens (tertiary/aromatic N) is 4. The fourth-order valence-electron chi connectivity index (χ4n) is 6.33. The molecule has 0 saturated carbocycles. The Labute approximate surface area is 252 Å². The Morgan fingerprint density at radius 2 is 1.79 bits per heavy atom. The minimum absolute atomic E-state index is 0.0112. The molecular formula is C33H42N4O4S. The molecule has 4 heterocycles. The molecule has 8 nitrogen and oxygen atoms in total. The molecule has 0 aliphatic carbocycles. The summed E-state index contributed by atoms with van der Waals surface area (Å²) in [5.41, 5.74) is 3.25. The molecule has 0 bridgehead atoms. The monoisotopic (exact) mass is 590 g/mol. The second kappa shape index (κ2) is 13.4. The number of carbonyl (C=O) groups is 2. The molecule has 3 aromatic rings. The Morgan fingerprint density at radius 3 is 2.62 bits per heavy atom. The van der Waals surface area contributed by atoms with Crippen LogP contribution in [0.15, 0.2) is 47.8 Å². The zero-order valence-corrected chi connectivity index (χ0v) is 25.4. The summed E-state index contributed by atoms with van der Waals surface area (Å²) in [6, 6.07) is 14.8. The average Bonchev–Trinajstić information content (AvgIpc) is 3.50. The lowest BCUT2D eigenvalue weighted by Gasteiger charge is -2.36. The number of anilines is 2. The first-order valence-electron chi connectivity index (χ1n) is 15.4. The summed E-state index contributed by atoms with van der Waals surface area (Å²) in [6.07, 6.45) is 4.80. The third kappa shape index (κ3) is 6.74. The van der Waals surface area contributed by atoms with Gasteiger partial charge in [0.1, 0.15) is 5.75 Å². The summed E-state index contributed by atoms with van der Waals surface area (Å²) < 4.78 is 13.1. The first-order chi connectivity index (χ1) is 20.5. The number of benzene rings is 2. The van der Waals surface area contributed by atoms with Crippen molar-refractivity contribution < 1.29 is 19.1 Å². The molecule has 9 heteroatoms. The maximum absolute atomic E-state index is 12.8. The summed E-state index contributed by atoms with van der Waals surface area (Å²) in [4.78, 5) is 34.3. The van der Waals surface area contributed by atoms with Crippen LogP contribution in [0, 0.1) is 5.92 Å². The molecule has 1 aromatic heterocycles. The summed E-state index contributed by atoms with van der Waals surface area (Å²) >= 11 is 1.81. The molecule has 0 radical (unpaired) electrons. The maximum Gasteiger partial charge on any atom is 0.310 e. The highest BCUT2D eigenvalue weighted by molar-refractivity contribution is 7.17. The zero-order valence-electron chi connectivity index (χ0n) is 24.6. The van der Waals surface area contributed by atoms with Crippen molar-refractivity contribution in [3.63, 3.8) is 0 Å². The minimum Gasteiger partial charge on any atom is -0.494 e. The molecule has 2 aromatic carbocycles. The molecule has 3 aliphatic rings. The van der Waals surface area contributed by atoms with E-state index in [1.807, 2.05) is 29.5 Å². The number of ether oxygens (including phenoxy) is 2. The molecule has 2 saturated heterocycles. The van der Waals surface area contributed by atoms with Crippen LogP contribution in [0.3, 0.4) is 0 Å². The van der Waals surface area contributed by atoms with E-state index in [-0.39, 0.29) is 24.5 Å². The number of hydrogen-bond donors (Lipinski definition) is 0. The predicted molar refractivity (Wildman–Crippen MR) is 169 cm³/mol. The van der Waals surface area contributed by atoms with Gasteiger partial charge in [-0.2, -0.15) is 0 Å². The Bertz CT molecular complexity index is 1380. The maximum atomic E-state index is 12.8. The number of unbranched alkanes of at least 4 members (excludes halogenated alkanes) is 1. The Kier molecular flexibility index (Phi) is 9.27. The van der Waals surface area contributed by atoms with Crippen LogP contribution in [0.25, 0.3) is 10.1 Å². The second-order valence-electron chi connectivity index (χ2n) is 11.8. The van der Waals surface area contributed by atoms with E-state index in [1.54, 1.807) is 4.90 Å². The van der Waals surface area contributed by atoms with Crippen LogP contribution in [-0.4, -0.2) is 87.9 Å². The Morgan fingerprint density at radius 1 is 0.952 bits per heavy atom. The van der Waals surface area contributed by atoms with E-state index < -0.39 is 0 Å². The number of likely N-dealkylation sites (tertiary alicyclic amines) is 1. The second-order valence-corrected chi connectivity index (χ2v) is 12.7. The van der Waals surface area contributed by atoms with Gasteiger partial charge in [0.15, 0.2) is 6.73 Å². The van der Waals surface area contributed by atoms with Gasteiger partial charge < -0.3 is 19.3 Å². The Balaban J connectivity index is 0.939. The number of carbonyl (C=O) groups excluding carboxylic acids is 2. The van der Waals surface area contributed by atoms with Crippen molar-refractivity contribution in [3.05, 3.63) is 53.4 Å². The van der Waals surface area contributed by atoms with Gasteiger partial charge in [-0.15, -0.1) is 11.3 Å². The van der Waals surface area contributed by atoms with Crippen molar-refractivity contribution in [2.75, 3.05) is 76.0 Å². The third-order valence-electron chi connectivity index (χ3n) is 8.97. The number of fused-ring (bicyclic) bond motifs is 2. The Hall–Kier alpha value is -3.14. The molecule has 42 heavy (non-hydrogen) atoms. The van der Waals surface area contributed by atoms with Crippen LogP contribution in [0.1, 0.15) is 37.7 Å². The predicted octanol–water partition coefficient (Wildman–Crippen LogP) is 5.00. The van der Waals surface area contributed by atoms with E-state index in [1.165, 1.54) is 15.8 Å². The molecule has 2 fully saturated rings. The molecule has 0 N–H and O–H groups in total. The first-order valence-corrected chi connectivity index (χ1v) is 16.3. The molecule has 0 spiro atoms. The van der Waals surface area contributed by atoms with Crippen molar-refractivity contribution in [1.29, 1.82) is 0 Å². The van der Waals surface area contributed by atoms with Crippen molar-refractivity contribution in [2.24, 2.45) is 5.92 Å². The SMILES string of the molecule is CN1CCC(C(=O)OCN2C(=O)CCc3ccc(OCCCCN4CCN(c5cccc6sccc56)CC4)cc32)CC1. The fraction of sp³-hybridized carbons (Fsp3) is 0.515. The molecule has 1 amide bonds. The summed E-state index contributed by atoms with van der Waals surface area (Å²) in [5, 5.41) is 3.55. The zero-order chi connectivity index (χ0) is 28.9. The van der Waals surface area contributed by atoms with E-state index in [2.05, 4.69) is 51.4 Å². The number of rotatable bonds is 10. The first kappa shape index (κ1) is 29.0. The fourth-order valence-corrected chi connectivity index (χ4v) is 7.14. The number of piperazine rings is 1. The molecule has 0 atom stereocenters. The highest BCUT2D eigenvalue weighted by Gasteiger charge is 2.29. The van der Waals surface area contributed by atoms with Gasteiger partial charge in [0, 0.05) is 54.4 Å². The van der Waals surface area contributed by atoms with Crippen LogP contribution >= 0.6 is 11.3 Å². The lowest BCUT2D eigenvalue weighted by atomic mass is 9.97. The highest BCUT2D eigenvalue weighted by Crippen LogP contribution is 2.33. The van der Waals surface area contributed by atoms with Crippen LogP contribution in [0.5, 0.6) is 5.75 Å². The summed E-state index contributed by atoms with van der Waals surface area (Å²) in [6.45, 7) is 7.76. The molecule has 0 unspecified atom stereocenters. The molecule has 3 aliphatic heterocycles. The number of hydrogen-bond acceptors (Lipinski definition) is 8. The quantitative estimate of drug-likeness (QED) is 0.243. The summed E-state index contributed by atoms with van der Waals surface area (Å²) in [7, 11) is 2.07. The topological polar surface area (TPSA) is 65.6 Å². The van der Waals surface area contributed by atoms with E-state index in [9.17, 15) is 9.59 Å². The van der Waals surface area contributed by atoms with Gasteiger partial charge in [0.05, 0.1) is 18.2 Å². The highest BCUT2D eigenvalue weighted by atomic mass is 32.1. The van der Waals surface area contributed by atoms with Crippen LogP contribution in [-0.2, 0) is 20.7 Å². The number of esters is 1. The lowest BCUT2D eigenvalue weighted by Crippen LogP contribution is -2.46. The van der Waals surface area contributed by atoms with E-state index in [0.717, 1.165) is 88.5 Å². The van der Waals surface area contributed by atoms with Gasteiger partial charge in [-0.05, 0) is 94.0 Å². The average molecular weight is 591 g/mol. The smallest absolute Gasteiger partial charge is 0.310 e. The van der Waals surface area contributed by atoms with Gasteiger partial charge in [0.2, 0.25) is 5.91 Å². The number of thiophene rings is 1. The van der Waals surface area contributed by atoms with Crippen LogP contribution < -0.4 is 14.5 Å². The summed E-state index contributed by atoms with van der Waals surface area (Å²) in [5.74, 6) is 0.464. The van der Waals surface area contributed by atoms with Gasteiger partial charge in [0.25, 0.3) is 0 Å². The molecular weight excluding hydrogens is 548 g/mol. The normalized spacial score (nSPS) is 18.8. The number of piperidine rings is 1. The van der Waals surface area contributed by atoms with E-state index in [0.29, 0.717) is 19.4 Å². The number of amides is 1. The van der Waals surface area contributed by atoms with Gasteiger partial charge in [-0.3, -0.25) is 19.4 Å². The molecule has 224 valence electrons. The van der Waals surface area contributed by atoms with Crippen molar-refractivity contribution >= 4 is 44.7 Å².